The van der Waals surface area contributed by atoms with Gasteiger partial charge in [-0.3, -0.25) is 0 Å². The fourth-order valence-corrected chi connectivity index (χ4v) is 4.84. The van der Waals surface area contributed by atoms with Crippen LogP contribution in [0.1, 0.15) is 64.5 Å². The largest absolute Gasteiger partial charge is 0.475 e. The molecule has 0 aromatic heterocycles. The van der Waals surface area contributed by atoms with Crippen molar-refractivity contribution in [3.63, 3.8) is 0 Å². The molecule has 0 unspecified atom stereocenters. The first-order chi connectivity index (χ1) is 16.4. The predicted molar refractivity (Wildman–Crippen MR) is 135 cm³/mol. The highest BCUT2D eigenvalue weighted by Crippen LogP contribution is 2.34. The molecule has 6 heteroatoms. The van der Waals surface area contributed by atoms with Gasteiger partial charge < -0.3 is 19.7 Å². The molecule has 4 rings (SSSR count). The monoisotopic (exact) mass is 464 g/mol. The van der Waals surface area contributed by atoms with Crippen LogP contribution in [0.25, 0.3) is 11.1 Å². The summed E-state index contributed by atoms with van der Waals surface area (Å²) in [6.45, 7) is 8.66. The van der Waals surface area contributed by atoms with E-state index in [-0.39, 0.29) is 12.1 Å². The lowest BCUT2D eigenvalue weighted by molar-refractivity contribution is 0.000206. The maximum absolute atomic E-state index is 11.0. The number of aliphatic imine (C=N–C) groups is 2. The lowest BCUT2D eigenvalue weighted by atomic mass is 9.89. The Morgan fingerprint density at radius 2 is 0.971 bits per heavy atom. The van der Waals surface area contributed by atoms with Gasteiger partial charge in [0.05, 0.1) is 11.2 Å². The smallest absolute Gasteiger partial charge is 0.217 e. The van der Waals surface area contributed by atoms with Crippen LogP contribution < -0.4 is 0 Å². The molecule has 0 saturated heterocycles. The zero-order valence-corrected chi connectivity index (χ0v) is 20.6. The number of ether oxygens (including phenoxy) is 2. The highest BCUT2D eigenvalue weighted by molar-refractivity contribution is 6.07. The molecular formula is C28H36N2O4. The van der Waals surface area contributed by atoms with Gasteiger partial charge >= 0.3 is 0 Å². The Bertz CT molecular complexity index is 984. The highest BCUT2D eigenvalue weighted by Gasteiger charge is 2.39. The Labute approximate surface area is 202 Å². The van der Waals surface area contributed by atoms with E-state index in [2.05, 4.69) is 0 Å². The molecule has 6 nitrogen and oxygen atoms in total. The molecule has 2 aromatic rings. The number of rotatable bonds is 9. The Kier molecular flexibility index (Phi) is 7.10. The predicted octanol–water partition coefficient (Wildman–Crippen LogP) is 4.75. The molecule has 0 radical (unpaired) electrons. The third kappa shape index (κ3) is 4.37. The molecule has 2 atom stereocenters. The summed E-state index contributed by atoms with van der Waals surface area (Å²) in [4.78, 5) is 9.60. The highest BCUT2D eigenvalue weighted by atomic mass is 16.5. The molecule has 2 aromatic carbocycles. The van der Waals surface area contributed by atoms with Crippen LogP contribution in [-0.2, 0) is 9.47 Å². The summed E-state index contributed by atoms with van der Waals surface area (Å²) >= 11 is 0. The molecule has 0 bridgehead atoms. The van der Waals surface area contributed by atoms with Crippen molar-refractivity contribution in [2.75, 3.05) is 13.2 Å². The molecule has 2 N–H and O–H groups in total. The minimum absolute atomic E-state index is 0.287. The van der Waals surface area contributed by atoms with E-state index in [1.54, 1.807) is 0 Å². The van der Waals surface area contributed by atoms with Crippen LogP contribution in [0.3, 0.4) is 0 Å². The van der Waals surface area contributed by atoms with Crippen molar-refractivity contribution in [2.24, 2.45) is 9.98 Å². The molecule has 0 saturated carbocycles. The van der Waals surface area contributed by atoms with Gasteiger partial charge in [-0.2, -0.15) is 0 Å². The fourth-order valence-electron chi connectivity index (χ4n) is 4.84. The van der Waals surface area contributed by atoms with Crippen LogP contribution in [0.4, 0.5) is 0 Å². The van der Waals surface area contributed by atoms with Gasteiger partial charge in [-0.15, -0.1) is 0 Å². The van der Waals surface area contributed by atoms with E-state index >= 15 is 0 Å². The van der Waals surface area contributed by atoms with Crippen molar-refractivity contribution in [2.45, 2.75) is 76.7 Å². The number of hydrogen-bond donors (Lipinski definition) is 2. The molecule has 182 valence electrons. The Morgan fingerprint density at radius 1 is 0.647 bits per heavy atom. The maximum atomic E-state index is 11.0. The molecule has 2 aliphatic heterocycles. The minimum Gasteiger partial charge on any atom is -0.475 e. The fraction of sp³-hybridized carbons (Fsp3) is 0.500. The Hall–Kier alpha value is -2.70. The topological polar surface area (TPSA) is 83.6 Å². The van der Waals surface area contributed by atoms with Gasteiger partial charge in [0, 0.05) is 11.1 Å². The van der Waals surface area contributed by atoms with Gasteiger partial charge in [0.15, 0.2) is 0 Å². The Morgan fingerprint density at radius 3 is 1.29 bits per heavy atom. The summed E-state index contributed by atoms with van der Waals surface area (Å²) in [7, 11) is 0. The first kappa shape index (κ1) is 24.4. The molecule has 0 amide bonds. The van der Waals surface area contributed by atoms with Crippen LogP contribution in [0.2, 0.25) is 0 Å². The summed E-state index contributed by atoms with van der Waals surface area (Å²) in [5.41, 5.74) is 1.94. The lowest BCUT2D eigenvalue weighted by Crippen LogP contribution is -2.40. The van der Waals surface area contributed by atoms with Crippen molar-refractivity contribution in [1.82, 2.24) is 0 Å². The van der Waals surface area contributed by atoms with E-state index < -0.39 is 11.2 Å². The molecule has 2 heterocycles. The molecular weight excluding hydrogens is 428 g/mol. The summed E-state index contributed by atoms with van der Waals surface area (Å²) in [5, 5.41) is 21.9. The second-order valence-corrected chi connectivity index (χ2v) is 9.23. The third-order valence-corrected chi connectivity index (χ3v) is 7.60. The van der Waals surface area contributed by atoms with Gasteiger partial charge in [-0.25, -0.2) is 9.98 Å². The molecule has 0 spiro atoms. The van der Waals surface area contributed by atoms with Crippen molar-refractivity contribution in [3.8, 4) is 11.1 Å². The van der Waals surface area contributed by atoms with E-state index in [0.29, 0.717) is 50.7 Å². The van der Waals surface area contributed by atoms with Crippen LogP contribution >= 0.6 is 0 Å². The summed E-state index contributed by atoms with van der Waals surface area (Å²) < 4.78 is 12.0. The van der Waals surface area contributed by atoms with Gasteiger partial charge in [-0.1, -0.05) is 64.1 Å². The van der Waals surface area contributed by atoms with E-state index in [9.17, 15) is 10.2 Å². The zero-order valence-electron chi connectivity index (χ0n) is 20.6. The van der Waals surface area contributed by atoms with Crippen molar-refractivity contribution in [1.29, 1.82) is 0 Å². The quantitative estimate of drug-likeness (QED) is 0.561. The third-order valence-electron chi connectivity index (χ3n) is 7.60. The van der Waals surface area contributed by atoms with Crippen LogP contribution in [0.15, 0.2) is 58.5 Å². The number of nitrogens with zero attached hydrogens (tertiary/aromatic N) is 2. The molecule has 0 fully saturated rings. The van der Waals surface area contributed by atoms with Crippen molar-refractivity contribution < 1.29 is 19.7 Å². The van der Waals surface area contributed by atoms with Crippen molar-refractivity contribution >= 4 is 11.8 Å². The van der Waals surface area contributed by atoms with Gasteiger partial charge in [0.25, 0.3) is 0 Å². The van der Waals surface area contributed by atoms with Gasteiger partial charge in [0.1, 0.15) is 25.3 Å². The summed E-state index contributed by atoms with van der Waals surface area (Å²) in [6, 6.07) is 15.4. The second kappa shape index (κ2) is 9.88. The Balaban J connectivity index is 1.73. The van der Waals surface area contributed by atoms with Gasteiger partial charge in [0.2, 0.25) is 11.8 Å². The van der Waals surface area contributed by atoms with Gasteiger partial charge in [-0.05, 0) is 48.9 Å². The van der Waals surface area contributed by atoms with E-state index in [1.807, 2.05) is 76.2 Å². The first-order valence-electron chi connectivity index (χ1n) is 12.4. The standard InChI is InChI=1S/C28H36N2O4/c1-5-27(31,6-2)23-17-33-25(29-23)21-15-11-9-13-19(21)20-14-10-12-16-22(20)26-30-24(18-34-26)28(32,7-3)8-4/h9-16,23-24,31-32H,5-8,17-18H2,1-4H3/t23-,24-/m0/s1. The molecule has 34 heavy (non-hydrogen) atoms. The van der Waals surface area contributed by atoms with Crippen molar-refractivity contribution in [3.05, 3.63) is 59.7 Å². The number of benzene rings is 2. The second-order valence-electron chi connectivity index (χ2n) is 9.23. The molecule has 2 aliphatic rings. The SMILES string of the molecule is CCC(O)(CC)[C@@H]1COC(c2ccccc2-c2ccccc2C2=N[C@H](C(O)(CC)CC)CO2)=N1. The normalized spacial score (nSPS) is 20.5. The zero-order chi connectivity index (χ0) is 24.3. The minimum atomic E-state index is -0.870. The summed E-state index contributed by atoms with van der Waals surface area (Å²) in [5.74, 6) is 1.10. The van der Waals surface area contributed by atoms with Crippen LogP contribution in [-0.4, -0.2) is 58.5 Å². The van der Waals surface area contributed by atoms with E-state index in [0.717, 1.165) is 22.3 Å². The number of hydrogen-bond acceptors (Lipinski definition) is 6. The lowest BCUT2D eigenvalue weighted by Gasteiger charge is -2.28. The van der Waals surface area contributed by atoms with Crippen LogP contribution in [0.5, 0.6) is 0 Å². The molecule has 0 aliphatic carbocycles. The van der Waals surface area contributed by atoms with Crippen LogP contribution in [0, 0.1) is 0 Å². The summed E-state index contributed by atoms with van der Waals surface area (Å²) in [6.07, 6.45) is 2.50. The average Bonchev–Trinajstić information content (AvgIpc) is 3.59. The number of aliphatic hydroxyl groups is 2. The van der Waals surface area contributed by atoms with E-state index in [4.69, 9.17) is 19.5 Å². The average molecular weight is 465 g/mol. The first-order valence-corrected chi connectivity index (χ1v) is 12.4. The maximum Gasteiger partial charge on any atom is 0.217 e. The van der Waals surface area contributed by atoms with E-state index in [1.165, 1.54) is 0 Å².